The van der Waals surface area contributed by atoms with Gasteiger partial charge >= 0.3 is 0 Å². The van der Waals surface area contributed by atoms with Crippen LogP contribution in [-0.4, -0.2) is 37.7 Å². The molecule has 0 spiro atoms. The summed E-state index contributed by atoms with van der Waals surface area (Å²) in [5.41, 5.74) is 2.81. The summed E-state index contributed by atoms with van der Waals surface area (Å²) in [6.07, 6.45) is 2.29. The Hall–Kier alpha value is -1.36. The zero-order valence-electron chi connectivity index (χ0n) is 13.9. The van der Waals surface area contributed by atoms with Gasteiger partial charge in [-0.1, -0.05) is 24.3 Å². The highest BCUT2D eigenvalue weighted by Crippen LogP contribution is 2.25. The van der Waals surface area contributed by atoms with E-state index >= 15 is 0 Å². The number of hydrogen-bond donors (Lipinski definition) is 0. The lowest BCUT2D eigenvalue weighted by molar-refractivity contribution is 0.0374. The molecule has 0 atom stereocenters. The first-order valence-electron chi connectivity index (χ1n) is 8.56. The van der Waals surface area contributed by atoms with E-state index in [0.29, 0.717) is 0 Å². The van der Waals surface area contributed by atoms with Gasteiger partial charge in [-0.3, -0.25) is 4.90 Å². The van der Waals surface area contributed by atoms with Crippen LogP contribution in [0.25, 0.3) is 0 Å². The van der Waals surface area contributed by atoms with E-state index in [2.05, 4.69) is 29.2 Å². The molecular formula is C20H24FNOS. The van der Waals surface area contributed by atoms with E-state index in [1.54, 1.807) is 11.8 Å². The molecule has 2 nitrogen and oxygen atoms in total. The van der Waals surface area contributed by atoms with Gasteiger partial charge in [-0.25, -0.2) is 4.39 Å². The molecule has 0 saturated carbocycles. The molecule has 2 aromatic carbocycles. The largest absolute Gasteiger partial charge is 0.379 e. The molecule has 24 heavy (non-hydrogen) atoms. The van der Waals surface area contributed by atoms with Crippen LogP contribution in [0.15, 0.2) is 53.4 Å². The van der Waals surface area contributed by atoms with Crippen molar-refractivity contribution >= 4 is 11.8 Å². The molecule has 1 saturated heterocycles. The Morgan fingerprint density at radius 2 is 1.67 bits per heavy atom. The van der Waals surface area contributed by atoms with Crippen molar-refractivity contribution in [3.8, 4) is 0 Å². The second-order valence-corrected chi connectivity index (χ2v) is 7.12. The van der Waals surface area contributed by atoms with Crippen molar-refractivity contribution in [3.05, 3.63) is 65.5 Å². The van der Waals surface area contributed by atoms with Crippen molar-refractivity contribution < 1.29 is 9.13 Å². The summed E-state index contributed by atoms with van der Waals surface area (Å²) in [7, 11) is 0. The molecule has 1 heterocycles. The number of thioether (sulfide) groups is 1. The summed E-state index contributed by atoms with van der Waals surface area (Å²) in [6, 6.07) is 15.4. The second kappa shape index (κ2) is 9.21. The van der Waals surface area contributed by atoms with Crippen molar-refractivity contribution in [2.45, 2.75) is 23.5 Å². The first-order chi connectivity index (χ1) is 11.8. The Morgan fingerprint density at radius 1 is 0.958 bits per heavy atom. The maximum atomic E-state index is 13.0. The van der Waals surface area contributed by atoms with Crippen molar-refractivity contribution in [1.29, 1.82) is 0 Å². The van der Waals surface area contributed by atoms with E-state index in [9.17, 15) is 4.39 Å². The Bertz CT molecular complexity index is 626. The maximum absolute atomic E-state index is 13.0. The molecule has 0 N–H and O–H groups in total. The normalized spacial score (nSPS) is 15.5. The molecule has 0 aromatic heterocycles. The lowest BCUT2D eigenvalue weighted by atomic mass is 10.0. The molecule has 1 aliphatic heterocycles. The van der Waals surface area contributed by atoms with Gasteiger partial charge in [0.25, 0.3) is 0 Å². The van der Waals surface area contributed by atoms with Gasteiger partial charge in [0.05, 0.1) is 13.2 Å². The van der Waals surface area contributed by atoms with Crippen molar-refractivity contribution in [3.63, 3.8) is 0 Å². The molecule has 0 unspecified atom stereocenters. The van der Waals surface area contributed by atoms with Gasteiger partial charge in [-0.15, -0.1) is 11.8 Å². The zero-order valence-corrected chi connectivity index (χ0v) is 14.7. The third-order valence-electron chi connectivity index (χ3n) is 4.35. The topological polar surface area (TPSA) is 12.5 Å². The van der Waals surface area contributed by atoms with Gasteiger partial charge in [0.15, 0.2) is 0 Å². The number of nitrogens with zero attached hydrogens (tertiary/aromatic N) is 1. The summed E-state index contributed by atoms with van der Waals surface area (Å²) in [5.74, 6) is 0.752. The minimum atomic E-state index is -0.178. The first kappa shape index (κ1) is 17.5. The van der Waals surface area contributed by atoms with Crippen LogP contribution in [0.4, 0.5) is 4.39 Å². The minimum absolute atomic E-state index is 0.178. The van der Waals surface area contributed by atoms with Gasteiger partial charge in [-0.05, 0) is 54.8 Å². The number of benzene rings is 2. The van der Waals surface area contributed by atoms with E-state index in [1.807, 2.05) is 12.1 Å². The predicted octanol–water partition coefficient (Wildman–Crippen LogP) is 4.38. The summed E-state index contributed by atoms with van der Waals surface area (Å²) in [4.78, 5) is 3.60. The number of rotatable bonds is 7. The predicted molar refractivity (Wildman–Crippen MR) is 98.0 cm³/mol. The lowest BCUT2D eigenvalue weighted by Gasteiger charge is -2.26. The summed E-state index contributed by atoms with van der Waals surface area (Å²) in [5, 5.41) is 0. The molecule has 0 bridgehead atoms. The third-order valence-corrected chi connectivity index (χ3v) is 5.41. The van der Waals surface area contributed by atoms with E-state index in [-0.39, 0.29) is 5.82 Å². The zero-order chi connectivity index (χ0) is 16.6. The Balaban J connectivity index is 1.51. The molecule has 0 aliphatic carbocycles. The van der Waals surface area contributed by atoms with Crippen LogP contribution < -0.4 is 0 Å². The number of halogens is 1. The fraction of sp³-hybridized carbons (Fsp3) is 0.400. The van der Waals surface area contributed by atoms with Crippen molar-refractivity contribution in [2.24, 2.45) is 0 Å². The third kappa shape index (κ3) is 5.33. The second-order valence-electron chi connectivity index (χ2n) is 6.07. The fourth-order valence-corrected chi connectivity index (χ4v) is 3.88. The van der Waals surface area contributed by atoms with Crippen molar-refractivity contribution in [1.82, 2.24) is 4.90 Å². The van der Waals surface area contributed by atoms with E-state index in [1.165, 1.54) is 29.7 Å². The van der Waals surface area contributed by atoms with Crippen LogP contribution in [0, 0.1) is 5.82 Å². The SMILES string of the molecule is Fc1ccc(SCc2ccccc2CCCN2CCOCC2)cc1. The van der Waals surface area contributed by atoms with Gasteiger partial charge in [0.1, 0.15) is 5.82 Å². The number of hydrogen-bond acceptors (Lipinski definition) is 3. The standard InChI is InChI=1S/C20H24FNOS/c21-19-7-9-20(10-8-19)24-16-18-5-2-1-4-17(18)6-3-11-22-12-14-23-15-13-22/h1-2,4-5,7-10H,3,6,11-16H2. The molecular weight excluding hydrogens is 321 g/mol. The number of aryl methyl sites for hydroxylation is 1. The Labute approximate surface area is 148 Å². The van der Waals surface area contributed by atoms with Crippen molar-refractivity contribution in [2.75, 3.05) is 32.8 Å². The number of ether oxygens (including phenoxy) is 1. The summed E-state index contributed by atoms with van der Waals surface area (Å²) in [6.45, 7) is 4.99. The number of morpholine rings is 1. The molecule has 1 fully saturated rings. The van der Waals surface area contributed by atoms with Gasteiger partial charge in [0, 0.05) is 23.7 Å². The fourth-order valence-electron chi connectivity index (χ4n) is 2.95. The van der Waals surface area contributed by atoms with E-state index in [0.717, 1.165) is 49.9 Å². The van der Waals surface area contributed by atoms with Crippen LogP contribution in [0.3, 0.4) is 0 Å². The first-order valence-corrected chi connectivity index (χ1v) is 9.55. The maximum Gasteiger partial charge on any atom is 0.123 e. The minimum Gasteiger partial charge on any atom is -0.379 e. The monoisotopic (exact) mass is 345 g/mol. The average molecular weight is 345 g/mol. The lowest BCUT2D eigenvalue weighted by Crippen LogP contribution is -2.36. The van der Waals surface area contributed by atoms with E-state index < -0.39 is 0 Å². The van der Waals surface area contributed by atoms with Gasteiger partial charge in [-0.2, -0.15) is 0 Å². The highest BCUT2D eigenvalue weighted by Gasteiger charge is 2.10. The molecule has 128 valence electrons. The Kier molecular flexibility index (Phi) is 6.70. The molecule has 2 aromatic rings. The molecule has 4 heteroatoms. The highest BCUT2D eigenvalue weighted by atomic mass is 32.2. The average Bonchev–Trinajstić information content (AvgIpc) is 2.63. The van der Waals surface area contributed by atoms with Crippen LogP contribution in [0.1, 0.15) is 17.5 Å². The molecule has 1 aliphatic rings. The molecule has 0 radical (unpaired) electrons. The van der Waals surface area contributed by atoms with Crippen LogP contribution in [-0.2, 0) is 16.9 Å². The Morgan fingerprint density at radius 3 is 2.42 bits per heavy atom. The summed E-state index contributed by atoms with van der Waals surface area (Å²) >= 11 is 1.76. The smallest absolute Gasteiger partial charge is 0.123 e. The van der Waals surface area contributed by atoms with E-state index in [4.69, 9.17) is 4.74 Å². The molecule has 3 rings (SSSR count). The van der Waals surface area contributed by atoms with Gasteiger partial charge < -0.3 is 4.74 Å². The van der Waals surface area contributed by atoms with Crippen LogP contribution in [0.2, 0.25) is 0 Å². The van der Waals surface area contributed by atoms with Gasteiger partial charge in [0.2, 0.25) is 0 Å². The van der Waals surface area contributed by atoms with Crippen LogP contribution >= 0.6 is 11.8 Å². The van der Waals surface area contributed by atoms with Crippen LogP contribution in [0.5, 0.6) is 0 Å². The highest BCUT2D eigenvalue weighted by molar-refractivity contribution is 7.98. The summed E-state index contributed by atoms with van der Waals surface area (Å²) < 4.78 is 18.4. The molecule has 0 amide bonds. The quantitative estimate of drug-likeness (QED) is 0.691.